The minimum absolute atomic E-state index is 0.529. The molecule has 0 radical (unpaired) electrons. The minimum Gasteiger partial charge on any atom is -0.346 e. The molecule has 2 heterocycles. The topological polar surface area (TPSA) is 28.2 Å². The summed E-state index contributed by atoms with van der Waals surface area (Å²) in [6.07, 6.45) is 3.53. The van der Waals surface area contributed by atoms with E-state index in [0.717, 1.165) is 31.3 Å². The van der Waals surface area contributed by atoms with Gasteiger partial charge in [-0.05, 0) is 12.8 Å². The smallest absolute Gasteiger partial charge is 0.185 e. The highest BCUT2D eigenvalue weighted by atomic mass is 32.2. The fraction of sp³-hybridized carbons (Fsp3) is 0.812. The first kappa shape index (κ1) is 17.1. The standard InChI is InChI=1S/C16H29N3S2/c1-5-7-14-15(10-17-12(3)4)21-16(18-14)19-8-9-20-13(6-2)11-19/h12-13,17H,5-11H2,1-4H3. The van der Waals surface area contributed by atoms with Crippen LogP contribution in [-0.2, 0) is 13.0 Å². The number of nitrogens with one attached hydrogen (secondary N) is 1. The lowest BCUT2D eigenvalue weighted by Crippen LogP contribution is -2.37. The fourth-order valence-electron chi connectivity index (χ4n) is 2.51. The molecular weight excluding hydrogens is 298 g/mol. The molecule has 0 bridgehead atoms. The predicted octanol–water partition coefficient (Wildman–Crippen LogP) is 3.93. The summed E-state index contributed by atoms with van der Waals surface area (Å²) in [5.74, 6) is 1.24. The Morgan fingerprint density at radius 1 is 1.38 bits per heavy atom. The number of nitrogens with zero attached hydrogens (tertiary/aromatic N) is 2. The molecular formula is C16H29N3S2. The highest BCUT2D eigenvalue weighted by Gasteiger charge is 2.22. The summed E-state index contributed by atoms with van der Waals surface area (Å²) in [7, 11) is 0. The number of rotatable bonds is 7. The van der Waals surface area contributed by atoms with Gasteiger partial charge in [0.25, 0.3) is 0 Å². The van der Waals surface area contributed by atoms with Crippen LogP contribution in [0.25, 0.3) is 0 Å². The number of thioether (sulfide) groups is 1. The second kappa shape index (κ2) is 8.39. The van der Waals surface area contributed by atoms with E-state index < -0.39 is 0 Å². The van der Waals surface area contributed by atoms with Gasteiger partial charge < -0.3 is 10.2 Å². The van der Waals surface area contributed by atoms with Gasteiger partial charge in [0.15, 0.2) is 5.13 Å². The molecule has 1 atom stereocenters. The Morgan fingerprint density at radius 3 is 2.86 bits per heavy atom. The van der Waals surface area contributed by atoms with E-state index in [4.69, 9.17) is 4.98 Å². The van der Waals surface area contributed by atoms with E-state index in [9.17, 15) is 0 Å². The zero-order chi connectivity index (χ0) is 15.2. The second-order valence-corrected chi connectivity index (χ2v) is 8.47. The van der Waals surface area contributed by atoms with Gasteiger partial charge in [-0.2, -0.15) is 11.8 Å². The quantitative estimate of drug-likeness (QED) is 0.821. The van der Waals surface area contributed by atoms with Gasteiger partial charge >= 0.3 is 0 Å². The summed E-state index contributed by atoms with van der Waals surface area (Å²) in [6, 6.07) is 0.529. The Hall–Kier alpha value is -0.260. The lowest BCUT2D eigenvalue weighted by molar-refractivity contribution is 0.589. The third-order valence-electron chi connectivity index (χ3n) is 3.79. The molecule has 21 heavy (non-hydrogen) atoms. The molecule has 1 fully saturated rings. The molecule has 5 heteroatoms. The lowest BCUT2D eigenvalue weighted by atomic mass is 10.2. The molecule has 3 nitrogen and oxygen atoms in total. The Bertz CT molecular complexity index is 431. The Labute approximate surface area is 137 Å². The first-order valence-electron chi connectivity index (χ1n) is 8.22. The Kier molecular flexibility index (Phi) is 6.83. The summed E-state index contributed by atoms with van der Waals surface area (Å²) in [4.78, 5) is 8.91. The van der Waals surface area contributed by atoms with E-state index >= 15 is 0 Å². The van der Waals surface area contributed by atoms with Crippen molar-refractivity contribution in [2.45, 2.75) is 64.8 Å². The SMILES string of the molecule is CCCc1nc(N2CCSC(CC)C2)sc1CNC(C)C. The summed E-state index contributed by atoms with van der Waals surface area (Å²) in [5.41, 5.74) is 1.32. The molecule has 1 unspecified atom stereocenters. The predicted molar refractivity (Wildman–Crippen MR) is 96.8 cm³/mol. The molecule has 0 amide bonds. The molecule has 2 rings (SSSR count). The van der Waals surface area contributed by atoms with Crippen LogP contribution < -0.4 is 10.2 Å². The largest absolute Gasteiger partial charge is 0.346 e. The molecule has 1 aromatic rings. The van der Waals surface area contributed by atoms with Crippen LogP contribution in [0.4, 0.5) is 5.13 Å². The van der Waals surface area contributed by atoms with Crippen LogP contribution in [0.15, 0.2) is 0 Å². The molecule has 0 aliphatic carbocycles. The van der Waals surface area contributed by atoms with Gasteiger partial charge in [-0.25, -0.2) is 4.98 Å². The van der Waals surface area contributed by atoms with E-state index in [-0.39, 0.29) is 0 Å². The van der Waals surface area contributed by atoms with Gasteiger partial charge in [0.1, 0.15) is 0 Å². The third kappa shape index (κ3) is 4.86. The first-order valence-corrected chi connectivity index (χ1v) is 10.1. The van der Waals surface area contributed by atoms with Crippen molar-refractivity contribution in [2.75, 3.05) is 23.7 Å². The van der Waals surface area contributed by atoms with Crippen LogP contribution in [0.5, 0.6) is 0 Å². The van der Waals surface area contributed by atoms with E-state index in [0.29, 0.717) is 6.04 Å². The molecule has 1 N–H and O–H groups in total. The van der Waals surface area contributed by atoms with Crippen molar-refractivity contribution in [1.82, 2.24) is 10.3 Å². The van der Waals surface area contributed by atoms with Crippen molar-refractivity contribution >= 4 is 28.2 Å². The maximum absolute atomic E-state index is 4.97. The van der Waals surface area contributed by atoms with Crippen molar-refractivity contribution in [3.05, 3.63) is 10.6 Å². The Morgan fingerprint density at radius 2 is 2.19 bits per heavy atom. The van der Waals surface area contributed by atoms with Crippen molar-refractivity contribution in [2.24, 2.45) is 0 Å². The van der Waals surface area contributed by atoms with Crippen LogP contribution in [-0.4, -0.2) is 35.1 Å². The van der Waals surface area contributed by atoms with Gasteiger partial charge in [-0.15, -0.1) is 11.3 Å². The highest BCUT2D eigenvalue weighted by Crippen LogP contribution is 2.31. The number of hydrogen-bond acceptors (Lipinski definition) is 5. The Balaban J connectivity index is 2.10. The normalized spacial score (nSPS) is 19.5. The van der Waals surface area contributed by atoms with Gasteiger partial charge in [-0.3, -0.25) is 0 Å². The molecule has 1 aromatic heterocycles. The maximum Gasteiger partial charge on any atom is 0.185 e. The van der Waals surface area contributed by atoms with Gasteiger partial charge in [0.05, 0.1) is 5.69 Å². The third-order valence-corrected chi connectivity index (χ3v) is 6.32. The average Bonchev–Trinajstić information content (AvgIpc) is 2.89. The fourth-order valence-corrected chi connectivity index (χ4v) is 4.78. The second-order valence-electron chi connectivity index (χ2n) is 6.00. The summed E-state index contributed by atoms with van der Waals surface area (Å²) in [6.45, 7) is 12.2. The zero-order valence-corrected chi connectivity index (χ0v) is 15.4. The molecule has 0 saturated carbocycles. The van der Waals surface area contributed by atoms with E-state index in [1.54, 1.807) is 0 Å². The van der Waals surface area contributed by atoms with Gasteiger partial charge in [0.2, 0.25) is 0 Å². The van der Waals surface area contributed by atoms with Gasteiger partial charge in [0, 0.05) is 41.6 Å². The van der Waals surface area contributed by atoms with Crippen molar-refractivity contribution < 1.29 is 0 Å². The number of thiazole rings is 1. The molecule has 0 spiro atoms. The highest BCUT2D eigenvalue weighted by molar-refractivity contribution is 8.00. The summed E-state index contributed by atoms with van der Waals surface area (Å²) >= 11 is 4.02. The van der Waals surface area contributed by atoms with Crippen LogP contribution in [0, 0.1) is 0 Å². The summed E-state index contributed by atoms with van der Waals surface area (Å²) < 4.78 is 0. The molecule has 0 aromatic carbocycles. The van der Waals surface area contributed by atoms with Crippen molar-refractivity contribution in [3.8, 4) is 0 Å². The average molecular weight is 328 g/mol. The first-order chi connectivity index (χ1) is 10.1. The number of hydrogen-bond donors (Lipinski definition) is 1. The monoisotopic (exact) mass is 327 g/mol. The zero-order valence-electron chi connectivity index (χ0n) is 13.8. The van der Waals surface area contributed by atoms with Crippen LogP contribution in [0.2, 0.25) is 0 Å². The van der Waals surface area contributed by atoms with E-state index in [1.165, 1.54) is 34.3 Å². The number of aromatic nitrogens is 1. The molecule has 1 saturated heterocycles. The molecule has 120 valence electrons. The van der Waals surface area contributed by atoms with E-state index in [2.05, 4.69) is 49.7 Å². The minimum atomic E-state index is 0.529. The van der Waals surface area contributed by atoms with Crippen LogP contribution in [0.1, 0.15) is 51.1 Å². The summed E-state index contributed by atoms with van der Waals surface area (Å²) in [5, 5.41) is 5.57. The lowest BCUT2D eigenvalue weighted by Gasteiger charge is -2.31. The van der Waals surface area contributed by atoms with Crippen LogP contribution >= 0.6 is 23.1 Å². The van der Waals surface area contributed by atoms with Crippen molar-refractivity contribution in [3.63, 3.8) is 0 Å². The van der Waals surface area contributed by atoms with E-state index in [1.807, 2.05) is 11.3 Å². The molecule has 1 aliphatic heterocycles. The van der Waals surface area contributed by atoms with Crippen molar-refractivity contribution in [1.29, 1.82) is 0 Å². The number of anilines is 1. The number of aryl methyl sites for hydroxylation is 1. The molecule has 1 aliphatic rings. The van der Waals surface area contributed by atoms with Gasteiger partial charge in [-0.1, -0.05) is 34.1 Å². The van der Waals surface area contributed by atoms with Crippen LogP contribution in [0.3, 0.4) is 0 Å². The maximum atomic E-state index is 4.97.